The van der Waals surface area contributed by atoms with Crippen molar-refractivity contribution in [2.24, 2.45) is 0 Å². The second kappa shape index (κ2) is 6.61. The van der Waals surface area contributed by atoms with Gasteiger partial charge in [-0.2, -0.15) is 4.98 Å². The van der Waals surface area contributed by atoms with Crippen molar-refractivity contribution < 1.29 is 13.7 Å². The summed E-state index contributed by atoms with van der Waals surface area (Å²) in [4.78, 5) is 27.7. The number of amides is 1. The van der Waals surface area contributed by atoms with E-state index in [-0.39, 0.29) is 11.3 Å². The van der Waals surface area contributed by atoms with Crippen molar-refractivity contribution in [1.29, 1.82) is 0 Å². The summed E-state index contributed by atoms with van der Waals surface area (Å²) >= 11 is 0. The number of hydrogen-bond donors (Lipinski definition) is 0. The molecule has 0 aliphatic carbocycles. The van der Waals surface area contributed by atoms with Gasteiger partial charge < -0.3 is 13.8 Å². The molecule has 0 bridgehead atoms. The van der Waals surface area contributed by atoms with Gasteiger partial charge in [0.1, 0.15) is 5.82 Å². The van der Waals surface area contributed by atoms with Crippen molar-refractivity contribution in [1.82, 2.24) is 25.0 Å². The third-order valence-corrected chi connectivity index (χ3v) is 4.44. The lowest BCUT2D eigenvalue weighted by Crippen LogP contribution is -2.25. The van der Waals surface area contributed by atoms with E-state index in [1.165, 1.54) is 0 Å². The van der Waals surface area contributed by atoms with Crippen molar-refractivity contribution >= 4 is 5.91 Å². The predicted molar refractivity (Wildman–Crippen MR) is 95.3 cm³/mol. The van der Waals surface area contributed by atoms with Gasteiger partial charge in [-0.3, -0.25) is 4.79 Å². The average molecular weight is 367 g/mol. The number of furan rings is 1. The number of aryl methyl sites for hydroxylation is 1. The molecule has 4 rings (SSSR count). The van der Waals surface area contributed by atoms with Gasteiger partial charge in [-0.1, -0.05) is 25.9 Å². The largest absolute Gasteiger partial charge is 0.461 e. The second-order valence-electron chi connectivity index (χ2n) is 7.65. The van der Waals surface area contributed by atoms with E-state index in [1.54, 1.807) is 23.3 Å². The van der Waals surface area contributed by atoms with E-state index >= 15 is 0 Å². The molecule has 0 saturated carbocycles. The van der Waals surface area contributed by atoms with Crippen LogP contribution in [0.4, 0.5) is 0 Å². The first-order valence-electron chi connectivity index (χ1n) is 8.89. The first-order chi connectivity index (χ1) is 12.9. The molecular formula is C19H21N5O3. The quantitative estimate of drug-likeness (QED) is 0.699. The minimum Gasteiger partial charge on any atom is -0.461 e. The molecule has 0 saturated heterocycles. The Kier molecular flexibility index (Phi) is 4.25. The summed E-state index contributed by atoms with van der Waals surface area (Å²) < 4.78 is 10.4. The molecule has 27 heavy (non-hydrogen) atoms. The first-order valence-corrected chi connectivity index (χ1v) is 8.89. The summed E-state index contributed by atoms with van der Waals surface area (Å²) in [6, 6.07) is 3.52. The van der Waals surface area contributed by atoms with E-state index in [9.17, 15) is 4.79 Å². The Balaban J connectivity index is 1.37. The molecule has 4 heterocycles. The van der Waals surface area contributed by atoms with E-state index in [1.807, 2.05) is 6.20 Å². The smallest absolute Gasteiger partial charge is 0.238 e. The maximum Gasteiger partial charge on any atom is 0.238 e. The highest BCUT2D eigenvalue weighted by Gasteiger charge is 2.27. The van der Waals surface area contributed by atoms with Gasteiger partial charge in [0.2, 0.25) is 17.6 Å². The Morgan fingerprint density at radius 2 is 2.11 bits per heavy atom. The summed E-state index contributed by atoms with van der Waals surface area (Å²) in [5, 5.41) is 3.88. The lowest BCUT2D eigenvalue weighted by molar-refractivity contribution is -0.131. The van der Waals surface area contributed by atoms with Gasteiger partial charge in [-0.25, -0.2) is 9.97 Å². The van der Waals surface area contributed by atoms with E-state index in [4.69, 9.17) is 8.94 Å². The number of nitrogens with zero attached hydrogens (tertiary/aromatic N) is 5. The summed E-state index contributed by atoms with van der Waals surface area (Å²) in [6.07, 6.45) is 4.07. The van der Waals surface area contributed by atoms with Crippen LogP contribution in [0, 0.1) is 0 Å². The van der Waals surface area contributed by atoms with Gasteiger partial charge in [0.25, 0.3) is 0 Å². The summed E-state index contributed by atoms with van der Waals surface area (Å²) in [7, 11) is 0. The van der Waals surface area contributed by atoms with Crippen LogP contribution in [0.15, 0.2) is 33.5 Å². The van der Waals surface area contributed by atoms with Crippen molar-refractivity contribution in [2.45, 2.75) is 52.1 Å². The van der Waals surface area contributed by atoms with Crippen LogP contribution in [0.5, 0.6) is 0 Å². The maximum atomic E-state index is 12.6. The van der Waals surface area contributed by atoms with Crippen LogP contribution in [0.3, 0.4) is 0 Å². The molecule has 0 atom stereocenters. The molecule has 0 aromatic carbocycles. The Morgan fingerprint density at radius 3 is 2.85 bits per heavy atom. The fraction of sp³-hybridized carbons (Fsp3) is 0.421. The molecule has 140 valence electrons. The summed E-state index contributed by atoms with van der Waals surface area (Å²) in [5.74, 6) is 2.18. The number of rotatable bonds is 4. The molecule has 1 aliphatic heterocycles. The van der Waals surface area contributed by atoms with Crippen molar-refractivity contribution in [2.75, 3.05) is 0 Å². The molecule has 0 unspecified atom stereocenters. The fourth-order valence-corrected chi connectivity index (χ4v) is 2.93. The SMILES string of the molecule is CC(C)(C)c1ncc2c(n1)CN(C(=O)CCc1nc(-c3ccco3)no1)C2. The topological polar surface area (TPSA) is 98.2 Å². The number of fused-ring (bicyclic) bond motifs is 1. The van der Waals surface area contributed by atoms with Gasteiger partial charge in [0.05, 0.1) is 18.5 Å². The van der Waals surface area contributed by atoms with Crippen LogP contribution in [-0.2, 0) is 29.7 Å². The molecule has 0 fully saturated rings. The normalized spacial score (nSPS) is 13.8. The second-order valence-corrected chi connectivity index (χ2v) is 7.65. The van der Waals surface area contributed by atoms with Crippen LogP contribution >= 0.6 is 0 Å². The zero-order chi connectivity index (χ0) is 19.0. The lowest BCUT2D eigenvalue weighted by Gasteiger charge is -2.16. The molecule has 8 heteroatoms. The van der Waals surface area contributed by atoms with E-state index in [0.717, 1.165) is 17.1 Å². The van der Waals surface area contributed by atoms with E-state index in [0.29, 0.717) is 43.4 Å². The highest BCUT2D eigenvalue weighted by Crippen LogP contribution is 2.25. The maximum absolute atomic E-state index is 12.6. The minimum atomic E-state index is -0.115. The lowest BCUT2D eigenvalue weighted by atomic mass is 9.95. The number of hydrogen-bond acceptors (Lipinski definition) is 7. The van der Waals surface area contributed by atoms with Crippen LogP contribution in [0.2, 0.25) is 0 Å². The molecule has 3 aromatic rings. The van der Waals surface area contributed by atoms with Gasteiger partial charge in [0.15, 0.2) is 5.76 Å². The Hall–Kier alpha value is -3.03. The van der Waals surface area contributed by atoms with E-state index < -0.39 is 0 Å². The highest BCUT2D eigenvalue weighted by atomic mass is 16.5. The molecular weight excluding hydrogens is 346 g/mol. The number of carbonyl (C=O) groups excluding carboxylic acids is 1. The zero-order valence-corrected chi connectivity index (χ0v) is 15.6. The van der Waals surface area contributed by atoms with Crippen LogP contribution in [0.1, 0.15) is 50.2 Å². The molecule has 1 amide bonds. The standard InChI is InChI=1S/C19H21N5O3/c1-19(2,3)18-20-9-12-10-24(11-13(12)21-18)16(25)7-6-15-22-17(23-27-15)14-5-4-8-26-14/h4-5,8-9H,6-7,10-11H2,1-3H3. The van der Waals surface area contributed by atoms with E-state index in [2.05, 4.69) is 40.9 Å². The molecule has 1 aliphatic rings. The van der Waals surface area contributed by atoms with Crippen LogP contribution in [0.25, 0.3) is 11.6 Å². The van der Waals surface area contributed by atoms with Crippen LogP contribution < -0.4 is 0 Å². The van der Waals surface area contributed by atoms with Gasteiger partial charge in [0, 0.05) is 36.6 Å². The third-order valence-electron chi connectivity index (χ3n) is 4.44. The highest BCUT2D eigenvalue weighted by molar-refractivity contribution is 5.77. The number of carbonyl (C=O) groups is 1. The van der Waals surface area contributed by atoms with Crippen molar-refractivity contribution in [3.8, 4) is 11.6 Å². The van der Waals surface area contributed by atoms with Crippen LogP contribution in [-0.4, -0.2) is 30.9 Å². The average Bonchev–Trinajstić information content (AvgIpc) is 3.37. The Bertz CT molecular complexity index is 956. The van der Waals surface area contributed by atoms with Crippen molar-refractivity contribution in [3.05, 3.63) is 47.6 Å². The predicted octanol–water partition coefficient (Wildman–Crippen LogP) is 2.89. The third kappa shape index (κ3) is 3.60. The zero-order valence-electron chi connectivity index (χ0n) is 15.6. The Morgan fingerprint density at radius 1 is 1.26 bits per heavy atom. The van der Waals surface area contributed by atoms with Gasteiger partial charge in [-0.15, -0.1) is 0 Å². The van der Waals surface area contributed by atoms with Gasteiger partial charge in [-0.05, 0) is 12.1 Å². The van der Waals surface area contributed by atoms with Crippen molar-refractivity contribution in [3.63, 3.8) is 0 Å². The monoisotopic (exact) mass is 367 g/mol. The minimum absolute atomic E-state index is 0.0306. The number of aromatic nitrogens is 4. The molecule has 8 nitrogen and oxygen atoms in total. The molecule has 0 spiro atoms. The van der Waals surface area contributed by atoms with Gasteiger partial charge >= 0.3 is 0 Å². The first kappa shape index (κ1) is 17.4. The molecule has 0 radical (unpaired) electrons. The molecule has 3 aromatic heterocycles. The molecule has 0 N–H and O–H groups in total. The summed E-state index contributed by atoms with van der Waals surface area (Å²) in [5.41, 5.74) is 1.83. The Labute approximate surface area is 156 Å². The summed E-state index contributed by atoms with van der Waals surface area (Å²) in [6.45, 7) is 7.29. The fourth-order valence-electron chi connectivity index (χ4n) is 2.93.